The molecule has 33 heavy (non-hydrogen) atoms. The summed E-state index contributed by atoms with van der Waals surface area (Å²) in [6, 6.07) is -1.50. The van der Waals surface area contributed by atoms with Gasteiger partial charge in [0, 0.05) is 6.08 Å². The molecule has 0 fully saturated rings. The molecule has 1 aliphatic carbocycles. The van der Waals surface area contributed by atoms with Gasteiger partial charge < -0.3 is 11.5 Å². The number of carbonyl (C=O) groups is 2. The Balaban J connectivity index is 0. The Labute approximate surface area is 221 Å². The van der Waals surface area contributed by atoms with Gasteiger partial charge in [-0.05, 0) is 56.6 Å². The third-order valence-electron chi connectivity index (χ3n) is 5.31. The first-order valence-corrected chi connectivity index (χ1v) is 12.1. The number of allylic oxidation sites excluding steroid dienone is 9. The minimum Gasteiger partial charge on any atom is -1.00 e. The summed E-state index contributed by atoms with van der Waals surface area (Å²) in [6.07, 6.45) is 14.5. The van der Waals surface area contributed by atoms with Crippen molar-refractivity contribution in [3.8, 4) is 0 Å². The van der Waals surface area contributed by atoms with Crippen LogP contribution in [0.15, 0.2) is 58.7 Å². The van der Waals surface area contributed by atoms with Crippen molar-refractivity contribution in [2.75, 3.05) is 12.9 Å². The van der Waals surface area contributed by atoms with E-state index >= 15 is 0 Å². The van der Waals surface area contributed by atoms with Gasteiger partial charge >= 0.3 is 35.5 Å². The van der Waals surface area contributed by atoms with E-state index in [9.17, 15) is 18.0 Å². The van der Waals surface area contributed by atoms with Crippen LogP contribution in [0.3, 0.4) is 0 Å². The van der Waals surface area contributed by atoms with Crippen molar-refractivity contribution in [1.82, 2.24) is 5.32 Å². The van der Waals surface area contributed by atoms with Crippen LogP contribution >= 0.6 is 0 Å². The van der Waals surface area contributed by atoms with Gasteiger partial charge in [-0.1, -0.05) is 55.4 Å². The normalized spacial score (nSPS) is 18.3. The summed E-state index contributed by atoms with van der Waals surface area (Å²) in [4.78, 5) is 23.7. The summed E-state index contributed by atoms with van der Waals surface area (Å²) in [5.74, 6) is -2.60. The van der Waals surface area contributed by atoms with Gasteiger partial charge in [0.2, 0.25) is 5.91 Å². The summed E-state index contributed by atoms with van der Waals surface area (Å²) >= 11 is 0. The first kappa shape index (κ1) is 31.6. The topological polar surface area (TPSA) is 110 Å². The molecule has 0 aliphatic heterocycles. The molecule has 2 N–H and O–H groups in total. The Bertz CT molecular complexity index is 977. The average molecular weight is 490 g/mol. The van der Waals surface area contributed by atoms with Gasteiger partial charge in [-0.15, -0.1) is 0 Å². The first-order chi connectivity index (χ1) is 14.7. The van der Waals surface area contributed by atoms with Gasteiger partial charge in [-0.2, -0.15) is 8.42 Å². The van der Waals surface area contributed by atoms with E-state index in [1.165, 1.54) is 30.1 Å². The van der Waals surface area contributed by atoms with Crippen LogP contribution in [0.1, 0.15) is 55.3 Å². The van der Waals surface area contributed by atoms with Gasteiger partial charge in [0.15, 0.2) is 0 Å². The maximum Gasteiger partial charge on any atom is 1.00 e. The molecule has 180 valence electrons. The summed E-state index contributed by atoms with van der Waals surface area (Å²) in [5.41, 5.74) is 4.65. The number of ether oxygens (including phenoxy) is 1. The van der Waals surface area contributed by atoms with Gasteiger partial charge in [-0.3, -0.25) is 9.35 Å². The van der Waals surface area contributed by atoms with E-state index in [0.717, 1.165) is 19.1 Å². The van der Waals surface area contributed by atoms with Gasteiger partial charge in [0.05, 0.1) is 7.11 Å². The van der Waals surface area contributed by atoms with Gasteiger partial charge in [0.25, 0.3) is 10.1 Å². The predicted molar refractivity (Wildman–Crippen MR) is 128 cm³/mol. The fourth-order valence-corrected chi connectivity index (χ4v) is 4.26. The van der Waals surface area contributed by atoms with Crippen LogP contribution in [0.2, 0.25) is 0 Å². The number of amides is 1. The molecule has 0 aromatic heterocycles. The van der Waals surface area contributed by atoms with Crippen LogP contribution in [-0.2, 0) is 24.4 Å². The molecule has 0 unspecified atom stereocenters. The van der Waals surface area contributed by atoms with E-state index in [-0.39, 0.29) is 36.4 Å². The Kier molecular flexibility index (Phi) is 13.4. The number of hydrogen-bond donors (Lipinski definition) is 2. The van der Waals surface area contributed by atoms with E-state index in [2.05, 4.69) is 43.0 Å². The largest absolute Gasteiger partial charge is 1.00 e. The summed E-state index contributed by atoms with van der Waals surface area (Å²) in [7, 11) is -3.41. The molecule has 0 saturated heterocycles. The quantitative estimate of drug-likeness (QED) is 0.166. The van der Waals surface area contributed by atoms with Crippen molar-refractivity contribution in [3.05, 3.63) is 58.7 Å². The first-order valence-electron chi connectivity index (χ1n) is 10.5. The third kappa shape index (κ3) is 12.0. The van der Waals surface area contributed by atoms with Gasteiger partial charge in [-0.25, -0.2) is 4.79 Å². The zero-order valence-corrected chi connectivity index (χ0v) is 23.6. The van der Waals surface area contributed by atoms with Gasteiger partial charge in [0.1, 0.15) is 11.8 Å². The molecule has 1 aliphatic rings. The molecule has 0 saturated carbocycles. The SMILES string of the molecule is COC(=O)[C@H](CS(=O)(=O)O)NC(=O)C=C(C)C=C/C=C(/C)C=CC1=C(C)CCCC1(C)C.[H-].[Na+]. The molecule has 0 spiro atoms. The monoisotopic (exact) mass is 489 g/mol. The smallest absolute Gasteiger partial charge is 1.00 e. The summed E-state index contributed by atoms with van der Waals surface area (Å²) < 4.78 is 35.5. The predicted octanol–water partition coefficient (Wildman–Crippen LogP) is 1.18. The second-order valence-electron chi connectivity index (χ2n) is 8.76. The van der Waals surface area contributed by atoms with E-state index in [4.69, 9.17) is 4.55 Å². The minimum atomic E-state index is -4.47. The standard InChI is InChI=1S/C24H35NO6S.Na.H/c1-17(12-13-20-19(3)11-8-14-24(20,4)5)9-7-10-18(2)15-22(26)25-21(23(27)31-6)16-32(28,29)30;;/h7,9-10,12-13,15,21H,8,11,14,16H2,1-6H3,(H,25,26)(H,28,29,30);;/q;+1;-1/b10-7?,13-12?,17-9-,18-15?;;/t21-;;/m0../s1. The van der Waals surface area contributed by atoms with Crippen LogP contribution in [0.4, 0.5) is 0 Å². The average Bonchev–Trinajstić information content (AvgIpc) is 2.64. The number of rotatable bonds is 9. The van der Waals surface area contributed by atoms with Crippen LogP contribution in [0.5, 0.6) is 0 Å². The van der Waals surface area contributed by atoms with Crippen molar-refractivity contribution >= 4 is 22.0 Å². The number of nitrogens with one attached hydrogen (secondary N) is 1. The zero-order chi connectivity index (χ0) is 24.5. The molecule has 7 nitrogen and oxygen atoms in total. The Morgan fingerprint density at radius 3 is 2.42 bits per heavy atom. The number of methoxy groups -OCH3 is 1. The molecule has 9 heteroatoms. The second kappa shape index (κ2) is 14.1. The molecular weight excluding hydrogens is 453 g/mol. The van der Waals surface area contributed by atoms with Crippen molar-refractivity contribution in [3.63, 3.8) is 0 Å². The fraction of sp³-hybridized carbons (Fsp3) is 0.500. The van der Waals surface area contributed by atoms with Crippen LogP contribution in [0.25, 0.3) is 0 Å². The third-order valence-corrected chi connectivity index (χ3v) is 6.07. The summed E-state index contributed by atoms with van der Waals surface area (Å²) in [6.45, 7) is 10.4. The molecule has 1 amide bonds. The number of esters is 1. The molecule has 0 heterocycles. The molecule has 0 bridgehead atoms. The molecule has 0 aromatic rings. The van der Waals surface area contributed by atoms with Crippen LogP contribution in [-0.4, -0.2) is 43.8 Å². The van der Waals surface area contributed by atoms with E-state index in [0.29, 0.717) is 5.57 Å². The Morgan fingerprint density at radius 2 is 1.88 bits per heavy atom. The number of carbonyl (C=O) groups excluding carboxylic acids is 2. The molecule has 1 rings (SSSR count). The maximum absolute atomic E-state index is 12.1. The van der Waals surface area contributed by atoms with E-state index in [1.54, 1.807) is 13.0 Å². The van der Waals surface area contributed by atoms with Crippen LogP contribution in [0, 0.1) is 5.41 Å². The van der Waals surface area contributed by atoms with Crippen molar-refractivity contribution in [1.29, 1.82) is 0 Å². The Morgan fingerprint density at radius 1 is 1.24 bits per heavy atom. The van der Waals surface area contributed by atoms with E-state index < -0.39 is 33.8 Å². The second-order valence-corrected chi connectivity index (χ2v) is 10.3. The Hall–Kier alpha value is -1.45. The van der Waals surface area contributed by atoms with Crippen molar-refractivity contribution in [2.45, 2.75) is 59.9 Å². The summed E-state index contributed by atoms with van der Waals surface area (Å²) in [5, 5.41) is 2.23. The fourth-order valence-electron chi connectivity index (χ4n) is 3.62. The van der Waals surface area contributed by atoms with E-state index in [1.807, 2.05) is 19.1 Å². The van der Waals surface area contributed by atoms with Crippen molar-refractivity contribution in [2.24, 2.45) is 5.41 Å². The molecule has 1 atom stereocenters. The van der Waals surface area contributed by atoms with Crippen molar-refractivity contribution < 1.29 is 58.3 Å². The molecule has 0 aromatic carbocycles. The van der Waals surface area contributed by atoms with Crippen LogP contribution < -0.4 is 34.9 Å². The maximum atomic E-state index is 12.1. The number of hydrogen-bond acceptors (Lipinski definition) is 5. The molecule has 0 radical (unpaired) electrons. The minimum absolute atomic E-state index is 0. The zero-order valence-electron chi connectivity index (χ0n) is 21.8. The molecular formula is C24H36NNaO6S.